The van der Waals surface area contributed by atoms with Gasteiger partial charge in [-0.05, 0) is 53.8 Å². The van der Waals surface area contributed by atoms with Gasteiger partial charge in [-0.1, -0.05) is 48.5 Å². The molecule has 2 atom stereocenters. The number of rotatable bonds is 2. The molecule has 2 unspecified atom stereocenters. The molecule has 0 aliphatic carbocycles. The Kier molecular flexibility index (Phi) is 4.02. The van der Waals surface area contributed by atoms with Crippen LogP contribution in [0, 0.1) is 5.82 Å². The summed E-state index contributed by atoms with van der Waals surface area (Å²) in [7, 11) is 0. The van der Waals surface area contributed by atoms with E-state index in [1.807, 2.05) is 36.4 Å². The van der Waals surface area contributed by atoms with Crippen LogP contribution in [0.5, 0.6) is 5.75 Å². The molecule has 1 heterocycles. The molecule has 0 aromatic heterocycles. The van der Waals surface area contributed by atoms with Crippen molar-refractivity contribution in [3.63, 3.8) is 0 Å². The van der Waals surface area contributed by atoms with Crippen molar-refractivity contribution in [3.05, 3.63) is 89.2 Å². The molecule has 3 heteroatoms. The summed E-state index contributed by atoms with van der Waals surface area (Å²) < 4.78 is 13.3. The highest BCUT2D eigenvalue weighted by Crippen LogP contribution is 2.35. The lowest BCUT2D eigenvalue weighted by molar-refractivity contribution is 0.464. The summed E-state index contributed by atoms with van der Waals surface area (Å²) in [5.74, 6) is 0.0715. The Labute approximate surface area is 147 Å². The van der Waals surface area contributed by atoms with E-state index in [1.54, 1.807) is 6.07 Å². The van der Waals surface area contributed by atoms with Crippen molar-refractivity contribution in [1.29, 1.82) is 0 Å². The summed E-state index contributed by atoms with van der Waals surface area (Å²) in [4.78, 5) is 0. The van der Waals surface area contributed by atoms with Crippen LogP contribution in [0.25, 0.3) is 11.1 Å². The molecule has 2 N–H and O–H groups in total. The fourth-order valence-corrected chi connectivity index (χ4v) is 3.64. The van der Waals surface area contributed by atoms with Gasteiger partial charge in [-0.25, -0.2) is 4.39 Å². The third-order valence-corrected chi connectivity index (χ3v) is 4.85. The van der Waals surface area contributed by atoms with Gasteiger partial charge in [0, 0.05) is 11.6 Å². The van der Waals surface area contributed by atoms with Crippen LogP contribution in [-0.2, 0) is 6.42 Å². The van der Waals surface area contributed by atoms with Gasteiger partial charge in [0.25, 0.3) is 0 Å². The molecule has 1 aliphatic heterocycles. The highest BCUT2D eigenvalue weighted by molar-refractivity contribution is 5.71. The second kappa shape index (κ2) is 6.34. The third kappa shape index (κ3) is 3.03. The van der Waals surface area contributed by atoms with E-state index in [2.05, 4.69) is 24.4 Å². The van der Waals surface area contributed by atoms with E-state index >= 15 is 0 Å². The first-order valence-electron chi connectivity index (χ1n) is 8.54. The van der Waals surface area contributed by atoms with Gasteiger partial charge in [0.15, 0.2) is 0 Å². The van der Waals surface area contributed by atoms with Gasteiger partial charge in [-0.15, -0.1) is 0 Å². The zero-order valence-corrected chi connectivity index (χ0v) is 14.0. The predicted molar refractivity (Wildman–Crippen MR) is 98.1 cm³/mol. The summed E-state index contributed by atoms with van der Waals surface area (Å²) >= 11 is 0. The molecule has 4 rings (SSSR count). The number of aromatic hydroxyl groups is 1. The number of nitrogens with one attached hydrogen (secondary N) is 1. The largest absolute Gasteiger partial charge is 0.507 e. The van der Waals surface area contributed by atoms with Crippen molar-refractivity contribution in [1.82, 2.24) is 5.32 Å². The second-order valence-corrected chi connectivity index (χ2v) is 6.69. The molecule has 0 saturated carbocycles. The predicted octanol–water partition coefficient (Wildman–Crippen LogP) is 4.82. The first-order valence-corrected chi connectivity index (χ1v) is 8.54. The second-order valence-electron chi connectivity index (χ2n) is 6.69. The van der Waals surface area contributed by atoms with E-state index in [1.165, 1.54) is 23.3 Å². The van der Waals surface area contributed by atoms with Crippen LogP contribution >= 0.6 is 0 Å². The van der Waals surface area contributed by atoms with Crippen molar-refractivity contribution >= 4 is 0 Å². The first kappa shape index (κ1) is 15.9. The van der Waals surface area contributed by atoms with Crippen LogP contribution in [0.3, 0.4) is 0 Å². The van der Waals surface area contributed by atoms with Crippen molar-refractivity contribution in [2.24, 2.45) is 0 Å². The lowest BCUT2D eigenvalue weighted by Crippen LogP contribution is -2.37. The molecule has 25 heavy (non-hydrogen) atoms. The SMILES string of the molecule is CC1Cc2cc(-c3ccccc3O)ccc2C(c2ccc(F)cc2)N1. The number of hydrogen-bond acceptors (Lipinski definition) is 2. The van der Waals surface area contributed by atoms with E-state index < -0.39 is 0 Å². The fraction of sp³-hybridized carbons (Fsp3) is 0.182. The standard InChI is InChI=1S/C22H20FNO/c1-14-12-17-13-16(19-4-2-3-5-21(19)25)8-11-20(17)22(24-14)15-6-9-18(23)10-7-15/h2-11,13-14,22,24-25H,12H2,1H3. The highest BCUT2D eigenvalue weighted by Gasteiger charge is 2.25. The Morgan fingerprint density at radius 1 is 1.00 bits per heavy atom. The number of halogens is 1. The van der Waals surface area contributed by atoms with E-state index in [0.29, 0.717) is 11.8 Å². The molecule has 0 spiro atoms. The van der Waals surface area contributed by atoms with Gasteiger partial charge in [-0.3, -0.25) is 0 Å². The molecule has 126 valence electrons. The van der Waals surface area contributed by atoms with E-state index in [4.69, 9.17) is 0 Å². The quantitative estimate of drug-likeness (QED) is 0.704. The average molecular weight is 333 g/mol. The van der Waals surface area contributed by atoms with Gasteiger partial charge >= 0.3 is 0 Å². The van der Waals surface area contributed by atoms with Crippen molar-refractivity contribution in [2.45, 2.75) is 25.4 Å². The summed E-state index contributed by atoms with van der Waals surface area (Å²) in [5.41, 5.74) is 5.40. The smallest absolute Gasteiger partial charge is 0.123 e. The molecule has 0 bridgehead atoms. The van der Waals surface area contributed by atoms with Crippen LogP contribution in [0.4, 0.5) is 4.39 Å². The van der Waals surface area contributed by atoms with E-state index in [0.717, 1.165) is 23.1 Å². The minimum atomic E-state index is -0.220. The molecule has 3 aromatic rings. The fourth-order valence-electron chi connectivity index (χ4n) is 3.64. The number of fused-ring (bicyclic) bond motifs is 1. The maximum Gasteiger partial charge on any atom is 0.123 e. The van der Waals surface area contributed by atoms with Crippen molar-refractivity contribution in [2.75, 3.05) is 0 Å². The minimum Gasteiger partial charge on any atom is -0.507 e. The summed E-state index contributed by atoms with van der Waals surface area (Å²) in [6.45, 7) is 2.16. The van der Waals surface area contributed by atoms with Crippen molar-refractivity contribution in [3.8, 4) is 16.9 Å². The Morgan fingerprint density at radius 3 is 2.52 bits per heavy atom. The van der Waals surface area contributed by atoms with Crippen LogP contribution in [0.1, 0.15) is 29.7 Å². The number of benzene rings is 3. The van der Waals surface area contributed by atoms with Crippen LogP contribution in [-0.4, -0.2) is 11.1 Å². The van der Waals surface area contributed by atoms with Gasteiger partial charge in [0.2, 0.25) is 0 Å². The maximum atomic E-state index is 13.3. The van der Waals surface area contributed by atoms with Crippen molar-refractivity contribution < 1.29 is 9.50 Å². The third-order valence-electron chi connectivity index (χ3n) is 4.85. The summed E-state index contributed by atoms with van der Waals surface area (Å²) in [6, 6.07) is 20.8. The Hall–Kier alpha value is -2.65. The van der Waals surface area contributed by atoms with Gasteiger partial charge in [-0.2, -0.15) is 0 Å². The molecular weight excluding hydrogens is 313 g/mol. The zero-order chi connectivity index (χ0) is 17.4. The lowest BCUT2D eigenvalue weighted by Gasteiger charge is -2.32. The summed E-state index contributed by atoms with van der Waals surface area (Å²) in [5, 5.41) is 13.7. The molecule has 0 saturated heterocycles. The van der Waals surface area contributed by atoms with E-state index in [9.17, 15) is 9.50 Å². The Balaban J connectivity index is 1.78. The van der Waals surface area contributed by atoms with Gasteiger partial charge in [0.05, 0.1) is 6.04 Å². The first-order chi connectivity index (χ1) is 12.1. The zero-order valence-electron chi connectivity index (χ0n) is 14.0. The molecule has 0 radical (unpaired) electrons. The minimum absolute atomic E-state index is 0.0535. The van der Waals surface area contributed by atoms with Gasteiger partial charge in [0.1, 0.15) is 11.6 Å². The average Bonchev–Trinajstić information content (AvgIpc) is 2.61. The molecule has 0 amide bonds. The Morgan fingerprint density at radius 2 is 1.76 bits per heavy atom. The molecule has 2 nitrogen and oxygen atoms in total. The number of phenolic OH excluding ortho intramolecular Hbond substituents is 1. The monoisotopic (exact) mass is 333 g/mol. The van der Waals surface area contributed by atoms with Crippen LogP contribution in [0.15, 0.2) is 66.7 Å². The number of hydrogen-bond donors (Lipinski definition) is 2. The normalized spacial score (nSPS) is 19.4. The molecular formula is C22H20FNO. The van der Waals surface area contributed by atoms with E-state index in [-0.39, 0.29) is 11.9 Å². The maximum absolute atomic E-state index is 13.3. The molecule has 1 aliphatic rings. The summed E-state index contributed by atoms with van der Waals surface area (Å²) in [6.07, 6.45) is 0.925. The number of para-hydroxylation sites is 1. The topological polar surface area (TPSA) is 32.3 Å². The molecule has 0 fully saturated rings. The highest BCUT2D eigenvalue weighted by atomic mass is 19.1. The Bertz CT molecular complexity index is 904. The lowest BCUT2D eigenvalue weighted by atomic mass is 9.85. The molecule has 3 aromatic carbocycles. The number of phenols is 1. The van der Waals surface area contributed by atoms with Crippen LogP contribution in [0.2, 0.25) is 0 Å². The van der Waals surface area contributed by atoms with Gasteiger partial charge < -0.3 is 10.4 Å². The van der Waals surface area contributed by atoms with Crippen LogP contribution < -0.4 is 5.32 Å².